The second-order valence-electron chi connectivity index (χ2n) is 7.11. The van der Waals surface area contributed by atoms with Gasteiger partial charge in [-0.15, -0.1) is 10.2 Å². The van der Waals surface area contributed by atoms with Gasteiger partial charge in [-0.2, -0.15) is 0 Å². The molecular formula is C17H25N5O2S. The molecule has 1 unspecified atom stereocenters. The third kappa shape index (κ3) is 3.36. The number of carbonyl (C=O) groups is 2. The van der Waals surface area contributed by atoms with Gasteiger partial charge in [0.25, 0.3) is 0 Å². The first-order valence-electron chi connectivity index (χ1n) is 9.43. The van der Waals surface area contributed by atoms with Crippen LogP contribution in [0.15, 0.2) is 0 Å². The summed E-state index contributed by atoms with van der Waals surface area (Å²) in [5, 5.41) is 9.97. The standard InChI is InChI=1S/C17H25N5O2S/c23-14-8-6-12-22(14)17-19-18-16(25-17)21-11-5-7-13(21)15(24)20-9-3-1-2-4-10-20/h13H,1-12H2. The van der Waals surface area contributed by atoms with Gasteiger partial charge in [-0.25, -0.2) is 0 Å². The van der Waals surface area contributed by atoms with Crippen molar-refractivity contribution in [3.8, 4) is 0 Å². The molecule has 4 heterocycles. The minimum Gasteiger partial charge on any atom is -0.341 e. The maximum absolute atomic E-state index is 13.0. The fourth-order valence-corrected chi connectivity index (χ4v) is 5.00. The third-order valence-electron chi connectivity index (χ3n) is 5.41. The van der Waals surface area contributed by atoms with Crippen molar-refractivity contribution < 1.29 is 9.59 Å². The molecule has 0 N–H and O–H groups in total. The van der Waals surface area contributed by atoms with E-state index in [0.29, 0.717) is 11.6 Å². The normalized spacial score (nSPS) is 24.9. The summed E-state index contributed by atoms with van der Waals surface area (Å²) >= 11 is 1.44. The predicted octanol–water partition coefficient (Wildman–Crippen LogP) is 2.04. The number of rotatable bonds is 3. The number of likely N-dealkylation sites (tertiary alicyclic amines) is 1. The van der Waals surface area contributed by atoms with E-state index in [-0.39, 0.29) is 17.9 Å². The summed E-state index contributed by atoms with van der Waals surface area (Å²) in [5.74, 6) is 0.370. The smallest absolute Gasteiger partial charge is 0.245 e. The summed E-state index contributed by atoms with van der Waals surface area (Å²) in [5.41, 5.74) is 0. The lowest BCUT2D eigenvalue weighted by atomic mass is 10.2. The number of anilines is 2. The Labute approximate surface area is 152 Å². The average molecular weight is 363 g/mol. The van der Waals surface area contributed by atoms with Crippen LogP contribution in [-0.4, -0.2) is 59.1 Å². The number of aromatic nitrogens is 2. The van der Waals surface area contributed by atoms with Crippen molar-refractivity contribution in [2.24, 2.45) is 0 Å². The van der Waals surface area contributed by atoms with E-state index in [1.165, 1.54) is 24.2 Å². The van der Waals surface area contributed by atoms with E-state index in [1.807, 2.05) is 4.90 Å². The van der Waals surface area contributed by atoms with Gasteiger partial charge in [0.2, 0.25) is 22.1 Å². The zero-order valence-electron chi connectivity index (χ0n) is 14.5. The molecule has 1 atom stereocenters. The Morgan fingerprint density at radius 2 is 1.68 bits per heavy atom. The van der Waals surface area contributed by atoms with Gasteiger partial charge in [-0.1, -0.05) is 24.2 Å². The van der Waals surface area contributed by atoms with Gasteiger partial charge in [0.05, 0.1) is 0 Å². The van der Waals surface area contributed by atoms with Crippen molar-refractivity contribution >= 4 is 33.4 Å². The Kier molecular flexibility index (Phi) is 4.87. The molecule has 3 fully saturated rings. The van der Waals surface area contributed by atoms with Crippen molar-refractivity contribution in [2.75, 3.05) is 36.0 Å². The molecule has 0 aromatic carbocycles. The molecule has 8 heteroatoms. The van der Waals surface area contributed by atoms with Crippen molar-refractivity contribution in [3.05, 3.63) is 0 Å². The van der Waals surface area contributed by atoms with Crippen LogP contribution >= 0.6 is 11.3 Å². The molecule has 3 aliphatic heterocycles. The van der Waals surface area contributed by atoms with E-state index in [4.69, 9.17) is 0 Å². The maximum atomic E-state index is 13.0. The van der Waals surface area contributed by atoms with Gasteiger partial charge in [0.1, 0.15) is 6.04 Å². The first-order chi connectivity index (χ1) is 12.2. The van der Waals surface area contributed by atoms with E-state index in [9.17, 15) is 9.59 Å². The van der Waals surface area contributed by atoms with Gasteiger partial charge >= 0.3 is 0 Å². The summed E-state index contributed by atoms with van der Waals surface area (Å²) in [6, 6.07) is -0.117. The van der Waals surface area contributed by atoms with Crippen LogP contribution in [0.25, 0.3) is 0 Å². The Hall–Kier alpha value is -1.70. The summed E-state index contributed by atoms with van der Waals surface area (Å²) in [6.07, 6.45) is 8.03. The molecule has 2 amide bonds. The third-order valence-corrected chi connectivity index (χ3v) is 6.39. The molecule has 0 aliphatic carbocycles. The van der Waals surface area contributed by atoms with E-state index < -0.39 is 0 Å². The number of nitrogens with zero attached hydrogens (tertiary/aromatic N) is 5. The van der Waals surface area contributed by atoms with E-state index >= 15 is 0 Å². The van der Waals surface area contributed by atoms with Gasteiger partial charge in [0.15, 0.2) is 0 Å². The Balaban J connectivity index is 1.48. The van der Waals surface area contributed by atoms with Crippen LogP contribution < -0.4 is 9.80 Å². The highest BCUT2D eigenvalue weighted by Gasteiger charge is 2.36. The van der Waals surface area contributed by atoms with Crippen LogP contribution in [0.5, 0.6) is 0 Å². The van der Waals surface area contributed by atoms with E-state index in [2.05, 4.69) is 15.1 Å². The molecule has 1 aromatic rings. The van der Waals surface area contributed by atoms with Gasteiger partial charge < -0.3 is 9.80 Å². The van der Waals surface area contributed by atoms with Gasteiger partial charge in [-0.3, -0.25) is 14.5 Å². The lowest BCUT2D eigenvalue weighted by Crippen LogP contribution is -2.46. The highest BCUT2D eigenvalue weighted by atomic mass is 32.1. The number of carbonyl (C=O) groups excluding carboxylic acids is 2. The molecule has 136 valence electrons. The van der Waals surface area contributed by atoms with Gasteiger partial charge in [0, 0.05) is 32.6 Å². The average Bonchev–Trinajstić information content (AvgIpc) is 3.31. The first kappa shape index (κ1) is 16.8. The van der Waals surface area contributed by atoms with Crippen LogP contribution in [-0.2, 0) is 9.59 Å². The maximum Gasteiger partial charge on any atom is 0.245 e. The Morgan fingerprint density at radius 3 is 2.40 bits per heavy atom. The summed E-state index contributed by atoms with van der Waals surface area (Å²) in [7, 11) is 0. The molecule has 7 nitrogen and oxygen atoms in total. The largest absolute Gasteiger partial charge is 0.341 e. The molecule has 0 radical (unpaired) electrons. The highest BCUT2D eigenvalue weighted by molar-refractivity contribution is 7.19. The Morgan fingerprint density at radius 1 is 0.920 bits per heavy atom. The van der Waals surface area contributed by atoms with Crippen molar-refractivity contribution in [3.63, 3.8) is 0 Å². The quantitative estimate of drug-likeness (QED) is 0.822. The van der Waals surface area contributed by atoms with E-state index in [1.54, 1.807) is 4.90 Å². The van der Waals surface area contributed by atoms with E-state index in [0.717, 1.165) is 63.4 Å². The molecule has 0 saturated carbocycles. The fourth-order valence-electron chi connectivity index (χ4n) is 4.04. The molecular weight excluding hydrogens is 338 g/mol. The molecule has 3 saturated heterocycles. The predicted molar refractivity (Wildman–Crippen MR) is 96.9 cm³/mol. The monoisotopic (exact) mass is 363 g/mol. The zero-order valence-corrected chi connectivity index (χ0v) is 15.3. The molecule has 4 rings (SSSR count). The minimum absolute atomic E-state index is 0.117. The second-order valence-corrected chi connectivity index (χ2v) is 8.04. The van der Waals surface area contributed by atoms with Crippen molar-refractivity contribution in [2.45, 2.75) is 57.4 Å². The van der Waals surface area contributed by atoms with Crippen LogP contribution in [0.4, 0.5) is 10.3 Å². The molecule has 0 spiro atoms. The number of amides is 2. The lowest BCUT2D eigenvalue weighted by molar-refractivity contribution is -0.132. The van der Waals surface area contributed by atoms with Crippen molar-refractivity contribution in [1.82, 2.24) is 15.1 Å². The second kappa shape index (κ2) is 7.27. The fraction of sp³-hybridized carbons (Fsp3) is 0.765. The summed E-state index contributed by atoms with van der Waals surface area (Å²) in [4.78, 5) is 30.8. The van der Waals surface area contributed by atoms with Crippen LogP contribution in [0.1, 0.15) is 51.4 Å². The number of hydrogen-bond donors (Lipinski definition) is 0. The zero-order chi connectivity index (χ0) is 17.2. The topological polar surface area (TPSA) is 69.6 Å². The molecule has 25 heavy (non-hydrogen) atoms. The Bertz CT molecular complexity index is 641. The lowest BCUT2D eigenvalue weighted by Gasteiger charge is -2.29. The van der Waals surface area contributed by atoms with Crippen LogP contribution in [0.2, 0.25) is 0 Å². The summed E-state index contributed by atoms with van der Waals surface area (Å²) < 4.78 is 0. The molecule has 3 aliphatic rings. The SMILES string of the molecule is O=C(C1CCCN1c1nnc(N2CCCC2=O)s1)N1CCCCCC1. The molecule has 0 bridgehead atoms. The van der Waals surface area contributed by atoms with Crippen molar-refractivity contribution in [1.29, 1.82) is 0 Å². The highest BCUT2D eigenvalue weighted by Crippen LogP contribution is 2.34. The minimum atomic E-state index is -0.117. The first-order valence-corrected chi connectivity index (χ1v) is 10.2. The van der Waals surface area contributed by atoms with Crippen LogP contribution in [0.3, 0.4) is 0 Å². The molecule has 1 aromatic heterocycles. The van der Waals surface area contributed by atoms with Crippen LogP contribution in [0, 0.1) is 0 Å². The summed E-state index contributed by atoms with van der Waals surface area (Å²) in [6.45, 7) is 3.33. The number of hydrogen-bond acceptors (Lipinski definition) is 6. The van der Waals surface area contributed by atoms with Gasteiger partial charge in [-0.05, 0) is 32.1 Å².